The van der Waals surface area contributed by atoms with Crippen LogP contribution < -0.4 is 0 Å². The lowest BCUT2D eigenvalue weighted by molar-refractivity contribution is -0.0713. The van der Waals surface area contributed by atoms with Crippen LogP contribution in [0.15, 0.2) is 0 Å². The van der Waals surface area contributed by atoms with Crippen LogP contribution in [0, 0.1) is 10.8 Å². The molecular weight excluding hydrogens is 272 g/mol. The highest BCUT2D eigenvalue weighted by molar-refractivity contribution is 4.77. The molecule has 2 heteroatoms. The van der Waals surface area contributed by atoms with E-state index in [9.17, 15) is 0 Å². The summed E-state index contributed by atoms with van der Waals surface area (Å²) in [6.07, 6.45) is 4.25. The van der Waals surface area contributed by atoms with E-state index in [-0.39, 0.29) is 11.2 Å². The van der Waals surface area contributed by atoms with E-state index in [4.69, 9.17) is 9.47 Å². The molecule has 0 saturated heterocycles. The molecule has 0 aliphatic heterocycles. The summed E-state index contributed by atoms with van der Waals surface area (Å²) in [6.45, 7) is 24.0. The minimum atomic E-state index is -0.0735. The molecule has 0 aromatic carbocycles. The van der Waals surface area contributed by atoms with Crippen molar-refractivity contribution in [2.45, 2.75) is 106 Å². The van der Waals surface area contributed by atoms with Crippen LogP contribution >= 0.6 is 0 Å². The molecule has 2 nitrogen and oxygen atoms in total. The molecular formula is C20H42O2. The van der Waals surface area contributed by atoms with Gasteiger partial charge in [0.1, 0.15) is 0 Å². The van der Waals surface area contributed by atoms with Crippen LogP contribution in [0.4, 0.5) is 0 Å². The van der Waals surface area contributed by atoms with Crippen LogP contribution in [0.25, 0.3) is 0 Å². The summed E-state index contributed by atoms with van der Waals surface area (Å²) < 4.78 is 12.2. The van der Waals surface area contributed by atoms with E-state index in [1.807, 2.05) is 0 Å². The van der Waals surface area contributed by atoms with E-state index in [2.05, 4.69) is 69.2 Å². The second-order valence-electron chi connectivity index (χ2n) is 10.3. The molecule has 0 aliphatic rings. The summed E-state index contributed by atoms with van der Waals surface area (Å²) in [6, 6.07) is 0. The summed E-state index contributed by atoms with van der Waals surface area (Å²) in [7, 11) is 0. The highest BCUT2D eigenvalue weighted by Crippen LogP contribution is 2.28. The molecule has 0 N–H and O–H groups in total. The SMILES string of the molecule is CC(C)(C)CCOC(C)(C)CCC(C)(C)OCCC(C)(C)C. The number of hydrogen-bond acceptors (Lipinski definition) is 2. The lowest BCUT2D eigenvalue weighted by Gasteiger charge is -2.33. The van der Waals surface area contributed by atoms with Crippen LogP contribution in [0.3, 0.4) is 0 Å². The van der Waals surface area contributed by atoms with Crippen LogP contribution in [-0.4, -0.2) is 24.4 Å². The van der Waals surface area contributed by atoms with E-state index >= 15 is 0 Å². The predicted molar refractivity (Wildman–Crippen MR) is 97.4 cm³/mol. The van der Waals surface area contributed by atoms with Gasteiger partial charge in [-0.1, -0.05) is 41.5 Å². The van der Waals surface area contributed by atoms with Crippen molar-refractivity contribution >= 4 is 0 Å². The van der Waals surface area contributed by atoms with Crippen LogP contribution in [0.5, 0.6) is 0 Å². The summed E-state index contributed by atoms with van der Waals surface area (Å²) in [5.74, 6) is 0. The molecule has 22 heavy (non-hydrogen) atoms. The third-order valence-corrected chi connectivity index (χ3v) is 4.02. The highest BCUT2D eigenvalue weighted by Gasteiger charge is 2.26. The highest BCUT2D eigenvalue weighted by atomic mass is 16.5. The van der Waals surface area contributed by atoms with Crippen molar-refractivity contribution in [2.24, 2.45) is 10.8 Å². The fraction of sp³-hybridized carbons (Fsp3) is 1.00. The molecule has 134 valence electrons. The maximum atomic E-state index is 6.10. The zero-order valence-electron chi connectivity index (χ0n) is 17.1. The number of ether oxygens (including phenoxy) is 2. The quantitative estimate of drug-likeness (QED) is 0.502. The Morgan fingerprint density at radius 3 is 0.955 bits per heavy atom. The Hall–Kier alpha value is -0.0800. The summed E-state index contributed by atoms with van der Waals surface area (Å²) in [4.78, 5) is 0. The Kier molecular flexibility index (Phi) is 8.12. The first-order chi connectivity index (χ1) is 9.62. The molecule has 0 rings (SSSR count). The summed E-state index contributed by atoms with van der Waals surface area (Å²) >= 11 is 0. The van der Waals surface area contributed by atoms with E-state index in [1.54, 1.807) is 0 Å². The van der Waals surface area contributed by atoms with E-state index in [1.165, 1.54) is 0 Å². The van der Waals surface area contributed by atoms with Gasteiger partial charge in [0, 0.05) is 13.2 Å². The second kappa shape index (κ2) is 8.15. The van der Waals surface area contributed by atoms with Gasteiger partial charge in [0.25, 0.3) is 0 Å². The minimum Gasteiger partial charge on any atom is -0.376 e. The maximum Gasteiger partial charge on any atom is 0.0627 e. The molecule has 0 saturated carbocycles. The van der Waals surface area contributed by atoms with Crippen LogP contribution in [-0.2, 0) is 9.47 Å². The van der Waals surface area contributed by atoms with Gasteiger partial charge in [-0.2, -0.15) is 0 Å². The number of rotatable bonds is 9. The van der Waals surface area contributed by atoms with Crippen molar-refractivity contribution in [2.75, 3.05) is 13.2 Å². The Morgan fingerprint density at radius 1 is 0.455 bits per heavy atom. The fourth-order valence-corrected chi connectivity index (χ4v) is 2.01. The molecule has 0 aromatic heterocycles. The average Bonchev–Trinajstić information content (AvgIpc) is 2.22. The molecule has 0 bridgehead atoms. The lowest BCUT2D eigenvalue weighted by atomic mass is 9.91. The van der Waals surface area contributed by atoms with Crippen molar-refractivity contribution in [3.8, 4) is 0 Å². The molecule has 0 radical (unpaired) electrons. The van der Waals surface area contributed by atoms with Gasteiger partial charge in [-0.05, 0) is 64.2 Å². The van der Waals surface area contributed by atoms with Crippen molar-refractivity contribution in [1.82, 2.24) is 0 Å². The molecule has 0 fully saturated rings. The maximum absolute atomic E-state index is 6.10. The lowest BCUT2D eigenvalue weighted by Crippen LogP contribution is -2.32. The van der Waals surface area contributed by atoms with Gasteiger partial charge in [0.15, 0.2) is 0 Å². The molecule has 0 aliphatic carbocycles. The average molecular weight is 315 g/mol. The Morgan fingerprint density at radius 2 is 0.727 bits per heavy atom. The van der Waals surface area contributed by atoms with Crippen LogP contribution in [0.1, 0.15) is 94.9 Å². The van der Waals surface area contributed by atoms with E-state index in [0.717, 1.165) is 38.9 Å². The van der Waals surface area contributed by atoms with Gasteiger partial charge in [-0.15, -0.1) is 0 Å². The molecule has 0 amide bonds. The Bertz CT molecular complexity index is 271. The number of hydrogen-bond donors (Lipinski definition) is 0. The summed E-state index contributed by atoms with van der Waals surface area (Å²) in [5, 5.41) is 0. The third kappa shape index (κ3) is 13.6. The zero-order valence-corrected chi connectivity index (χ0v) is 17.1. The first-order valence-corrected chi connectivity index (χ1v) is 8.90. The third-order valence-electron chi connectivity index (χ3n) is 4.02. The monoisotopic (exact) mass is 314 g/mol. The smallest absolute Gasteiger partial charge is 0.0627 e. The van der Waals surface area contributed by atoms with Crippen molar-refractivity contribution < 1.29 is 9.47 Å². The summed E-state index contributed by atoms with van der Waals surface area (Å²) in [5.41, 5.74) is 0.530. The fourth-order valence-electron chi connectivity index (χ4n) is 2.01. The zero-order chi connectivity index (χ0) is 17.7. The van der Waals surface area contributed by atoms with Gasteiger partial charge < -0.3 is 9.47 Å². The molecule has 0 aromatic rings. The minimum absolute atomic E-state index is 0.0735. The molecule has 0 atom stereocenters. The van der Waals surface area contributed by atoms with Gasteiger partial charge in [0.2, 0.25) is 0 Å². The predicted octanol–water partition coefficient (Wildman–Crippen LogP) is 6.23. The first-order valence-electron chi connectivity index (χ1n) is 8.90. The van der Waals surface area contributed by atoms with Gasteiger partial charge in [-0.3, -0.25) is 0 Å². The van der Waals surface area contributed by atoms with E-state index in [0.29, 0.717) is 10.8 Å². The van der Waals surface area contributed by atoms with Gasteiger partial charge >= 0.3 is 0 Å². The van der Waals surface area contributed by atoms with Crippen molar-refractivity contribution in [3.05, 3.63) is 0 Å². The van der Waals surface area contributed by atoms with Gasteiger partial charge in [0.05, 0.1) is 11.2 Å². The van der Waals surface area contributed by atoms with Gasteiger partial charge in [-0.25, -0.2) is 0 Å². The van der Waals surface area contributed by atoms with E-state index < -0.39 is 0 Å². The Balaban J connectivity index is 4.10. The molecule has 0 heterocycles. The standard InChI is InChI=1S/C20H42O2/c1-17(2,3)13-15-21-19(7,8)11-12-20(9,10)22-16-14-18(4,5)6/h11-16H2,1-10H3. The topological polar surface area (TPSA) is 18.5 Å². The van der Waals surface area contributed by atoms with Crippen molar-refractivity contribution in [1.29, 1.82) is 0 Å². The van der Waals surface area contributed by atoms with Crippen molar-refractivity contribution in [3.63, 3.8) is 0 Å². The Labute approximate surface area is 140 Å². The first kappa shape index (κ1) is 21.9. The van der Waals surface area contributed by atoms with Crippen LogP contribution in [0.2, 0.25) is 0 Å². The molecule has 0 spiro atoms. The molecule has 0 unspecified atom stereocenters. The largest absolute Gasteiger partial charge is 0.376 e. The normalized spacial score (nSPS) is 14.5. The second-order valence-corrected chi connectivity index (χ2v) is 10.3.